The van der Waals surface area contributed by atoms with Gasteiger partial charge in [-0.2, -0.15) is 0 Å². The van der Waals surface area contributed by atoms with Crippen LogP contribution in [0.4, 0.5) is 16.2 Å². The first-order valence-electron chi connectivity index (χ1n) is 9.17. The number of hydrogen-bond acceptors (Lipinski definition) is 3. The predicted octanol–water partition coefficient (Wildman–Crippen LogP) is 3.09. The topological polar surface area (TPSA) is 87.5 Å². The maximum Gasteiger partial charge on any atom is 0.312 e. The quantitative estimate of drug-likeness (QED) is 0.739. The zero-order valence-electron chi connectivity index (χ0n) is 15.3. The summed E-state index contributed by atoms with van der Waals surface area (Å²) in [6.07, 6.45) is 5.60. The number of primary amides is 1. The van der Waals surface area contributed by atoms with E-state index >= 15 is 0 Å². The number of hydrogen-bond donors (Lipinski definition) is 3. The van der Waals surface area contributed by atoms with Gasteiger partial charge in [0.2, 0.25) is 5.91 Å². The summed E-state index contributed by atoms with van der Waals surface area (Å²) in [4.78, 5) is 25.9. The van der Waals surface area contributed by atoms with Gasteiger partial charge in [-0.3, -0.25) is 4.79 Å². The molecule has 6 nitrogen and oxygen atoms in total. The highest BCUT2D eigenvalue weighted by molar-refractivity contribution is 5.96. The van der Waals surface area contributed by atoms with E-state index in [9.17, 15) is 9.59 Å². The maximum absolute atomic E-state index is 12.4. The van der Waals surface area contributed by atoms with Gasteiger partial charge in [-0.25, -0.2) is 4.79 Å². The fourth-order valence-corrected chi connectivity index (χ4v) is 3.19. The van der Waals surface area contributed by atoms with E-state index in [0.717, 1.165) is 18.8 Å². The van der Waals surface area contributed by atoms with E-state index in [0.29, 0.717) is 6.42 Å². The van der Waals surface area contributed by atoms with Crippen LogP contribution in [0.25, 0.3) is 0 Å². The molecule has 1 aliphatic heterocycles. The van der Waals surface area contributed by atoms with Crippen LogP contribution in [0, 0.1) is 5.92 Å². The highest BCUT2D eigenvalue weighted by atomic mass is 16.2. The number of nitrogens with zero attached hydrogens (tertiary/aromatic N) is 1. The summed E-state index contributed by atoms with van der Waals surface area (Å²) in [6.45, 7) is 6.17. The Morgan fingerprint density at radius 2 is 1.68 bits per heavy atom. The molecule has 0 bridgehead atoms. The number of amides is 3. The molecule has 1 aromatic carbocycles. The second kappa shape index (κ2) is 9.30. The molecule has 1 heterocycles. The van der Waals surface area contributed by atoms with E-state index in [-0.39, 0.29) is 11.8 Å². The van der Waals surface area contributed by atoms with Gasteiger partial charge in [-0.1, -0.05) is 26.7 Å². The van der Waals surface area contributed by atoms with Crippen LogP contribution in [-0.2, 0) is 4.79 Å². The molecule has 0 spiro atoms. The molecule has 0 radical (unpaired) electrons. The molecule has 1 atom stereocenters. The second-order valence-electron chi connectivity index (χ2n) is 7.13. The number of nitrogens with one attached hydrogen (secondary N) is 2. The summed E-state index contributed by atoms with van der Waals surface area (Å²) in [7, 11) is 0. The smallest absolute Gasteiger partial charge is 0.312 e. The number of anilines is 2. The standard InChI is InChI=1S/C19H30N4O2/c1-14(2)13-17(22-19(20)25)18(24)21-15-7-9-16(10-8-15)23-11-5-3-4-6-12-23/h7-10,14,17H,3-6,11-13H2,1-2H3,(H,21,24)(H3,20,22,25). The molecule has 1 saturated heterocycles. The molecule has 3 amide bonds. The lowest BCUT2D eigenvalue weighted by Crippen LogP contribution is -2.46. The normalized spacial score (nSPS) is 16.2. The van der Waals surface area contributed by atoms with Gasteiger partial charge in [0.15, 0.2) is 0 Å². The zero-order chi connectivity index (χ0) is 18.2. The van der Waals surface area contributed by atoms with Gasteiger partial charge in [-0.15, -0.1) is 0 Å². The lowest BCUT2D eigenvalue weighted by Gasteiger charge is -2.23. The Bertz CT molecular complexity index is 563. The van der Waals surface area contributed by atoms with Crippen molar-refractivity contribution in [1.29, 1.82) is 0 Å². The van der Waals surface area contributed by atoms with Crippen LogP contribution in [-0.4, -0.2) is 31.1 Å². The van der Waals surface area contributed by atoms with Crippen LogP contribution < -0.4 is 21.3 Å². The van der Waals surface area contributed by atoms with Gasteiger partial charge in [-0.05, 0) is 49.4 Å². The first kappa shape index (κ1) is 19.1. The molecule has 0 aliphatic carbocycles. The summed E-state index contributed by atoms with van der Waals surface area (Å²) in [6, 6.07) is 6.60. The van der Waals surface area contributed by atoms with Crippen molar-refractivity contribution in [3.05, 3.63) is 24.3 Å². The van der Waals surface area contributed by atoms with E-state index in [4.69, 9.17) is 5.73 Å². The van der Waals surface area contributed by atoms with Crippen molar-refractivity contribution in [2.75, 3.05) is 23.3 Å². The monoisotopic (exact) mass is 346 g/mol. The van der Waals surface area contributed by atoms with Crippen molar-refractivity contribution < 1.29 is 9.59 Å². The Balaban J connectivity index is 1.98. The van der Waals surface area contributed by atoms with Crippen molar-refractivity contribution in [3.8, 4) is 0 Å². The molecular formula is C19H30N4O2. The number of carbonyl (C=O) groups is 2. The van der Waals surface area contributed by atoms with E-state index in [1.807, 2.05) is 38.1 Å². The Kier molecular flexibility index (Phi) is 7.10. The van der Waals surface area contributed by atoms with E-state index in [1.165, 1.54) is 31.4 Å². The molecule has 0 aromatic heterocycles. The third kappa shape index (κ3) is 6.29. The summed E-state index contributed by atoms with van der Waals surface area (Å²) in [5, 5.41) is 5.39. The molecule has 2 rings (SSSR count). The van der Waals surface area contributed by atoms with Gasteiger partial charge in [0, 0.05) is 24.5 Å². The highest BCUT2D eigenvalue weighted by Gasteiger charge is 2.21. The molecule has 1 unspecified atom stereocenters. The van der Waals surface area contributed by atoms with Gasteiger partial charge < -0.3 is 21.3 Å². The zero-order valence-corrected chi connectivity index (χ0v) is 15.3. The molecule has 1 fully saturated rings. The van der Waals surface area contributed by atoms with Crippen molar-refractivity contribution in [3.63, 3.8) is 0 Å². The summed E-state index contributed by atoms with van der Waals surface area (Å²) in [5.41, 5.74) is 7.09. The Hall–Kier alpha value is -2.24. The van der Waals surface area contributed by atoms with Crippen molar-refractivity contribution in [1.82, 2.24) is 5.32 Å². The molecule has 1 aromatic rings. The van der Waals surface area contributed by atoms with Crippen molar-refractivity contribution in [2.45, 2.75) is 52.0 Å². The Labute approximate surface area is 150 Å². The van der Waals surface area contributed by atoms with Gasteiger partial charge >= 0.3 is 6.03 Å². The number of carbonyl (C=O) groups excluding carboxylic acids is 2. The SMILES string of the molecule is CC(C)CC(NC(N)=O)C(=O)Nc1ccc(N2CCCCCC2)cc1. The molecular weight excluding hydrogens is 316 g/mol. The number of benzene rings is 1. The first-order chi connectivity index (χ1) is 12.0. The summed E-state index contributed by atoms with van der Waals surface area (Å²) >= 11 is 0. The molecule has 138 valence electrons. The second-order valence-corrected chi connectivity index (χ2v) is 7.13. The number of rotatable bonds is 6. The van der Waals surface area contributed by atoms with E-state index < -0.39 is 12.1 Å². The summed E-state index contributed by atoms with van der Waals surface area (Å²) in [5.74, 6) is 0.0306. The van der Waals surface area contributed by atoms with Crippen LogP contribution in [0.3, 0.4) is 0 Å². The largest absolute Gasteiger partial charge is 0.372 e. The van der Waals surface area contributed by atoms with Crippen LogP contribution in [0.1, 0.15) is 46.0 Å². The molecule has 0 saturated carbocycles. The molecule has 4 N–H and O–H groups in total. The van der Waals surface area contributed by atoms with Gasteiger partial charge in [0.1, 0.15) is 6.04 Å². The third-order valence-electron chi connectivity index (χ3n) is 4.45. The average Bonchev–Trinajstić information content (AvgIpc) is 2.83. The van der Waals surface area contributed by atoms with E-state index in [2.05, 4.69) is 15.5 Å². The number of urea groups is 1. The van der Waals surface area contributed by atoms with Crippen molar-refractivity contribution >= 4 is 23.3 Å². The lowest BCUT2D eigenvalue weighted by atomic mass is 10.0. The van der Waals surface area contributed by atoms with Crippen molar-refractivity contribution in [2.24, 2.45) is 11.7 Å². The minimum atomic E-state index is -0.683. The fraction of sp³-hybridized carbons (Fsp3) is 0.579. The maximum atomic E-state index is 12.4. The Morgan fingerprint density at radius 1 is 1.08 bits per heavy atom. The average molecular weight is 346 g/mol. The molecule has 25 heavy (non-hydrogen) atoms. The predicted molar refractivity (Wildman–Crippen MR) is 102 cm³/mol. The van der Waals surface area contributed by atoms with Crippen LogP contribution >= 0.6 is 0 Å². The minimum absolute atomic E-state index is 0.241. The molecule has 6 heteroatoms. The molecule has 1 aliphatic rings. The van der Waals surface area contributed by atoms with Crippen LogP contribution in [0.15, 0.2) is 24.3 Å². The first-order valence-corrected chi connectivity index (χ1v) is 9.17. The van der Waals surface area contributed by atoms with E-state index in [1.54, 1.807) is 0 Å². The Morgan fingerprint density at radius 3 is 2.20 bits per heavy atom. The third-order valence-corrected chi connectivity index (χ3v) is 4.45. The van der Waals surface area contributed by atoms with Gasteiger partial charge in [0.05, 0.1) is 0 Å². The summed E-state index contributed by atoms with van der Waals surface area (Å²) < 4.78 is 0. The van der Waals surface area contributed by atoms with Crippen LogP contribution in [0.5, 0.6) is 0 Å². The van der Waals surface area contributed by atoms with Gasteiger partial charge in [0.25, 0.3) is 0 Å². The fourth-order valence-electron chi connectivity index (χ4n) is 3.19. The minimum Gasteiger partial charge on any atom is -0.372 e. The number of nitrogens with two attached hydrogens (primary N) is 1. The van der Waals surface area contributed by atoms with Crippen LogP contribution in [0.2, 0.25) is 0 Å². The highest BCUT2D eigenvalue weighted by Crippen LogP contribution is 2.22. The lowest BCUT2D eigenvalue weighted by molar-refractivity contribution is -0.118.